The van der Waals surface area contributed by atoms with E-state index in [1.54, 1.807) is 24.3 Å². The molecule has 0 spiro atoms. The molecular formula is C15H13ClNO3-. The Morgan fingerprint density at radius 3 is 2.30 bits per heavy atom. The summed E-state index contributed by atoms with van der Waals surface area (Å²) in [5.74, 6) is -2.76. The van der Waals surface area contributed by atoms with Gasteiger partial charge in [-0.2, -0.15) is 0 Å². The number of benzene rings is 1. The molecule has 2 aliphatic carbocycles. The second-order valence-corrected chi connectivity index (χ2v) is 5.75. The number of aliphatic carboxylic acids is 1. The van der Waals surface area contributed by atoms with Gasteiger partial charge in [-0.05, 0) is 42.5 Å². The summed E-state index contributed by atoms with van der Waals surface area (Å²) in [5.41, 5.74) is 0.614. The molecule has 0 unspecified atom stereocenters. The molecule has 20 heavy (non-hydrogen) atoms. The summed E-state index contributed by atoms with van der Waals surface area (Å²) >= 11 is 5.78. The van der Waals surface area contributed by atoms with E-state index in [0.29, 0.717) is 10.7 Å². The number of allylic oxidation sites excluding steroid dienone is 2. The molecular weight excluding hydrogens is 278 g/mol. The van der Waals surface area contributed by atoms with Gasteiger partial charge in [-0.25, -0.2) is 0 Å². The van der Waals surface area contributed by atoms with Gasteiger partial charge in [0.15, 0.2) is 0 Å². The number of anilines is 1. The van der Waals surface area contributed by atoms with Crippen LogP contribution in [0.4, 0.5) is 5.69 Å². The molecule has 1 N–H and O–H groups in total. The Hall–Kier alpha value is -1.81. The van der Waals surface area contributed by atoms with Crippen molar-refractivity contribution in [2.45, 2.75) is 6.42 Å². The highest BCUT2D eigenvalue weighted by Gasteiger charge is 2.48. The molecule has 1 aromatic rings. The Kier molecular flexibility index (Phi) is 3.26. The zero-order valence-corrected chi connectivity index (χ0v) is 11.3. The summed E-state index contributed by atoms with van der Waals surface area (Å²) in [6.45, 7) is 0. The Morgan fingerprint density at radius 1 is 1.10 bits per heavy atom. The first kappa shape index (κ1) is 13.2. The number of nitrogens with one attached hydrogen (secondary N) is 1. The van der Waals surface area contributed by atoms with Crippen LogP contribution in [0.2, 0.25) is 5.02 Å². The lowest BCUT2D eigenvalue weighted by molar-refractivity contribution is -0.313. The summed E-state index contributed by atoms with van der Waals surface area (Å²) in [7, 11) is 0. The highest BCUT2D eigenvalue weighted by atomic mass is 35.5. The lowest BCUT2D eigenvalue weighted by Gasteiger charge is -2.27. The third kappa shape index (κ3) is 2.20. The fourth-order valence-corrected chi connectivity index (χ4v) is 3.39. The van der Waals surface area contributed by atoms with Crippen molar-refractivity contribution in [3.05, 3.63) is 41.4 Å². The summed E-state index contributed by atoms with van der Waals surface area (Å²) < 4.78 is 0. The predicted molar refractivity (Wildman–Crippen MR) is 72.8 cm³/mol. The lowest BCUT2D eigenvalue weighted by Crippen LogP contribution is -2.42. The molecule has 2 aliphatic rings. The van der Waals surface area contributed by atoms with Gasteiger partial charge in [-0.1, -0.05) is 23.8 Å². The van der Waals surface area contributed by atoms with Crippen molar-refractivity contribution >= 4 is 29.2 Å². The number of fused-ring (bicyclic) bond motifs is 2. The van der Waals surface area contributed by atoms with Crippen molar-refractivity contribution in [2.75, 3.05) is 5.32 Å². The van der Waals surface area contributed by atoms with Crippen LogP contribution in [0.5, 0.6) is 0 Å². The summed E-state index contributed by atoms with van der Waals surface area (Å²) in [5, 5.41) is 14.6. The van der Waals surface area contributed by atoms with Crippen molar-refractivity contribution in [3.8, 4) is 0 Å². The first-order valence-electron chi connectivity index (χ1n) is 6.52. The van der Waals surface area contributed by atoms with Gasteiger partial charge in [0.1, 0.15) is 0 Å². The normalized spacial score (nSPS) is 30.4. The molecule has 0 aromatic heterocycles. The highest BCUT2D eigenvalue weighted by Crippen LogP contribution is 2.48. The van der Waals surface area contributed by atoms with Crippen LogP contribution in [-0.4, -0.2) is 11.9 Å². The molecule has 1 saturated carbocycles. The minimum Gasteiger partial charge on any atom is -0.550 e. The smallest absolute Gasteiger partial charge is 0.228 e. The van der Waals surface area contributed by atoms with E-state index in [1.165, 1.54) is 0 Å². The number of amides is 1. The standard InChI is InChI=1S/C15H14ClNO3/c16-10-3-5-11(6-4-10)17-14(18)12-8-1-2-9(7-8)13(12)15(19)20/h1-6,8-9,12-13H,7H2,(H,17,18)(H,19,20)/p-1/t8-,9-,12+,13-/m0/s1. The van der Waals surface area contributed by atoms with Gasteiger partial charge in [0, 0.05) is 22.6 Å². The average molecular weight is 291 g/mol. The van der Waals surface area contributed by atoms with Crippen molar-refractivity contribution in [2.24, 2.45) is 23.7 Å². The van der Waals surface area contributed by atoms with Crippen LogP contribution in [0.25, 0.3) is 0 Å². The maximum atomic E-state index is 12.3. The van der Waals surface area contributed by atoms with Crippen LogP contribution in [0, 0.1) is 23.7 Å². The molecule has 3 rings (SSSR count). The Bertz CT molecular complexity index is 581. The maximum Gasteiger partial charge on any atom is 0.228 e. The number of hydrogen-bond donors (Lipinski definition) is 1. The fourth-order valence-electron chi connectivity index (χ4n) is 3.26. The van der Waals surface area contributed by atoms with E-state index in [0.717, 1.165) is 6.42 Å². The third-order valence-corrected chi connectivity index (χ3v) is 4.40. The second kappa shape index (κ2) is 4.94. The van der Waals surface area contributed by atoms with Gasteiger partial charge in [-0.15, -0.1) is 0 Å². The second-order valence-electron chi connectivity index (χ2n) is 5.32. The molecule has 4 atom stereocenters. The monoisotopic (exact) mass is 290 g/mol. The largest absolute Gasteiger partial charge is 0.550 e. The first-order chi connectivity index (χ1) is 9.56. The minimum absolute atomic E-state index is 0.00444. The zero-order chi connectivity index (χ0) is 14.3. The van der Waals surface area contributed by atoms with Crippen molar-refractivity contribution in [1.29, 1.82) is 0 Å². The van der Waals surface area contributed by atoms with E-state index in [2.05, 4.69) is 5.32 Å². The van der Waals surface area contributed by atoms with Crippen molar-refractivity contribution < 1.29 is 14.7 Å². The molecule has 2 bridgehead atoms. The Balaban J connectivity index is 1.78. The summed E-state index contributed by atoms with van der Waals surface area (Å²) in [6.07, 6.45) is 4.55. The molecule has 1 aromatic carbocycles. The highest BCUT2D eigenvalue weighted by molar-refractivity contribution is 6.30. The van der Waals surface area contributed by atoms with Gasteiger partial charge in [0.05, 0.1) is 5.92 Å². The number of rotatable bonds is 3. The van der Waals surface area contributed by atoms with E-state index < -0.39 is 17.8 Å². The SMILES string of the molecule is O=C([O-])[C@@H]1[C@H](C(=O)Nc2ccc(Cl)cc2)[C@H]2C=C[C@H]1C2. The maximum absolute atomic E-state index is 12.3. The van der Waals surface area contributed by atoms with Crippen LogP contribution >= 0.6 is 11.6 Å². The Morgan fingerprint density at radius 2 is 1.70 bits per heavy atom. The average Bonchev–Trinajstić information content (AvgIpc) is 3.01. The van der Waals surface area contributed by atoms with E-state index in [-0.39, 0.29) is 17.7 Å². The fraction of sp³-hybridized carbons (Fsp3) is 0.333. The van der Waals surface area contributed by atoms with Crippen LogP contribution < -0.4 is 10.4 Å². The van der Waals surface area contributed by atoms with Gasteiger partial charge < -0.3 is 15.2 Å². The van der Waals surface area contributed by atoms with Gasteiger partial charge in [0.2, 0.25) is 5.91 Å². The number of carbonyl (C=O) groups is 2. The summed E-state index contributed by atoms with van der Waals surface area (Å²) in [4.78, 5) is 23.6. The molecule has 1 fully saturated rings. The molecule has 0 aliphatic heterocycles. The Labute approximate surface area is 121 Å². The quantitative estimate of drug-likeness (QED) is 0.857. The summed E-state index contributed by atoms with van der Waals surface area (Å²) in [6, 6.07) is 6.73. The van der Waals surface area contributed by atoms with Crippen molar-refractivity contribution in [3.63, 3.8) is 0 Å². The van der Waals surface area contributed by atoms with Gasteiger partial charge >= 0.3 is 0 Å². The van der Waals surface area contributed by atoms with E-state index >= 15 is 0 Å². The molecule has 4 nitrogen and oxygen atoms in total. The van der Waals surface area contributed by atoms with E-state index in [4.69, 9.17) is 11.6 Å². The third-order valence-electron chi connectivity index (χ3n) is 4.15. The van der Waals surface area contributed by atoms with Crippen molar-refractivity contribution in [1.82, 2.24) is 0 Å². The molecule has 0 radical (unpaired) electrons. The van der Waals surface area contributed by atoms with Crippen LogP contribution in [0.15, 0.2) is 36.4 Å². The van der Waals surface area contributed by atoms with Gasteiger partial charge in [-0.3, -0.25) is 4.79 Å². The molecule has 5 heteroatoms. The number of halogens is 1. The minimum atomic E-state index is -1.14. The van der Waals surface area contributed by atoms with Gasteiger partial charge in [0.25, 0.3) is 0 Å². The topological polar surface area (TPSA) is 69.2 Å². The van der Waals surface area contributed by atoms with E-state index in [9.17, 15) is 14.7 Å². The van der Waals surface area contributed by atoms with Crippen LogP contribution in [-0.2, 0) is 9.59 Å². The number of carbonyl (C=O) groups excluding carboxylic acids is 2. The molecule has 104 valence electrons. The number of carboxylic acid groups (broad SMARTS) is 1. The number of hydrogen-bond acceptors (Lipinski definition) is 3. The van der Waals surface area contributed by atoms with E-state index in [1.807, 2.05) is 12.2 Å². The first-order valence-corrected chi connectivity index (χ1v) is 6.89. The lowest BCUT2D eigenvalue weighted by atomic mass is 9.82. The molecule has 0 heterocycles. The van der Waals surface area contributed by atoms with Crippen LogP contribution in [0.3, 0.4) is 0 Å². The molecule has 0 saturated heterocycles. The molecule has 1 amide bonds. The number of carboxylic acids is 1. The van der Waals surface area contributed by atoms with Crippen LogP contribution in [0.1, 0.15) is 6.42 Å². The predicted octanol–water partition coefficient (Wildman–Crippen LogP) is 1.47. The zero-order valence-electron chi connectivity index (χ0n) is 10.6.